The molecule has 0 atom stereocenters. The zero-order valence-electron chi connectivity index (χ0n) is 19.6. The van der Waals surface area contributed by atoms with E-state index in [9.17, 15) is 4.79 Å². The summed E-state index contributed by atoms with van der Waals surface area (Å²) in [6, 6.07) is 21.4. The smallest absolute Gasteiger partial charge is 0.234 e. The van der Waals surface area contributed by atoms with E-state index in [2.05, 4.69) is 5.32 Å². The molecular formula is C28H23N3O4S. The highest BCUT2D eigenvalue weighted by molar-refractivity contribution is 8.00. The lowest BCUT2D eigenvalue weighted by Gasteiger charge is -2.21. The summed E-state index contributed by atoms with van der Waals surface area (Å²) in [7, 11) is 0. The Balaban J connectivity index is 1.25. The molecular weight excluding hydrogens is 474 g/mol. The van der Waals surface area contributed by atoms with Gasteiger partial charge < -0.3 is 19.5 Å². The Bertz CT molecular complexity index is 1460. The number of benzene rings is 3. The number of aromatic nitrogens is 2. The van der Waals surface area contributed by atoms with Crippen LogP contribution in [-0.2, 0) is 11.2 Å². The van der Waals surface area contributed by atoms with Crippen LogP contribution in [-0.4, -0.2) is 34.8 Å². The van der Waals surface area contributed by atoms with E-state index in [1.165, 1.54) is 11.8 Å². The Morgan fingerprint density at radius 2 is 1.75 bits per heavy atom. The minimum Gasteiger partial charge on any atom is -0.486 e. The maximum atomic E-state index is 12.8. The summed E-state index contributed by atoms with van der Waals surface area (Å²) < 4.78 is 17.3. The van der Waals surface area contributed by atoms with E-state index < -0.39 is 0 Å². The first kappa shape index (κ1) is 22.4. The summed E-state index contributed by atoms with van der Waals surface area (Å²) in [5, 5.41) is 3.68. The average Bonchev–Trinajstić information content (AvgIpc) is 2.91. The number of nitrogens with one attached hydrogen (secondary N) is 1. The number of thioether (sulfide) groups is 1. The van der Waals surface area contributed by atoms with E-state index in [-0.39, 0.29) is 11.7 Å². The molecule has 0 bridgehead atoms. The monoisotopic (exact) mass is 497 g/mol. The van der Waals surface area contributed by atoms with Gasteiger partial charge in [0.15, 0.2) is 17.3 Å². The molecule has 36 heavy (non-hydrogen) atoms. The Morgan fingerprint density at radius 1 is 0.944 bits per heavy atom. The van der Waals surface area contributed by atoms with E-state index >= 15 is 0 Å². The Morgan fingerprint density at radius 3 is 2.61 bits per heavy atom. The molecule has 4 aromatic rings. The molecule has 0 spiro atoms. The lowest BCUT2D eigenvalue weighted by atomic mass is 10.0. The maximum absolute atomic E-state index is 12.8. The first-order valence-corrected chi connectivity index (χ1v) is 12.7. The van der Waals surface area contributed by atoms with Gasteiger partial charge in [-0.05, 0) is 30.7 Å². The topological polar surface area (TPSA) is 82.6 Å². The second-order valence-corrected chi connectivity index (χ2v) is 9.55. The molecule has 180 valence electrons. The summed E-state index contributed by atoms with van der Waals surface area (Å²) in [6.45, 7) is 3.06. The zero-order valence-corrected chi connectivity index (χ0v) is 20.4. The number of nitrogens with zero attached hydrogens (tertiary/aromatic N) is 2. The van der Waals surface area contributed by atoms with Gasteiger partial charge in [-0.2, -0.15) is 4.98 Å². The number of carbonyl (C=O) groups excluding carboxylic acids is 1. The van der Waals surface area contributed by atoms with Crippen molar-refractivity contribution in [2.45, 2.75) is 18.4 Å². The van der Waals surface area contributed by atoms with Crippen molar-refractivity contribution < 1.29 is 19.0 Å². The van der Waals surface area contributed by atoms with Crippen LogP contribution in [0.4, 0.5) is 5.69 Å². The van der Waals surface area contributed by atoms with Crippen LogP contribution in [0.1, 0.15) is 16.7 Å². The fourth-order valence-electron chi connectivity index (χ4n) is 4.13. The van der Waals surface area contributed by atoms with Crippen molar-refractivity contribution >= 4 is 23.4 Å². The molecule has 0 unspecified atom stereocenters. The van der Waals surface area contributed by atoms with E-state index in [1.807, 2.05) is 61.5 Å². The van der Waals surface area contributed by atoms with Crippen molar-refractivity contribution in [3.63, 3.8) is 0 Å². The highest BCUT2D eigenvalue weighted by atomic mass is 32.2. The minimum atomic E-state index is -0.141. The molecule has 2 aliphatic rings. The number of rotatable bonds is 5. The maximum Gasteiger partial charge on any atom is 0.234 e. The highest BCUT2D eigenvalue weighted by Crippen LogP contribution is 2.40. The molecule has 1 amide bonds. The van der Waals surface area contributed by atoms with Gasteiger partial charge in [-0.25, -0.2) is 4.98 Å². The van der Waals surface area contributed by atoms with Crippen molar-refractivity contribution in [1.82, 2.24) is 9.97 Å². The third-order valence-corrected chi connectivity index (χ3v) is 6.97. The second kappa shape index (κ2) is 9.54. The Kier molecular flexibility index (Phi) is 5.95. The molecule has 7 nitrogen and oxygen atoms in total. The molecule has 0 saturated carbocycles. The van der Waals surface area contributed by atoms with Crippen LogP contribution in [0.15, 0.2) is 71.8 Å². The Hall–Kier alpha value is -4.04. The zero-order chi connectivity index (χ0) is 24.5. The first-order chi connectivity index (χ1) is 17.6. The van der Waals surface area contributed by atoms with Crippen molar-refractivity contribution in [3.8, 4) is 34.5 Å². The molecule has 3 aromatic carbocycles. The number of hydrogen-bond donors (Lipinski definition) is 1. The van der Waals surface area contributed by atoms with Gasteiger partial charge in [0, 0.05) is 23.7 Å². The Labute approximate surface area is 212 Å². The summed E-state index contributed by atoms with van der Waals surface area (Å²) in [5.74, 6) is 3.27. The first-order valence-electron chi connectivity index (χ1n) is 11.7. The third kappa shape index (κ3) is 4.59. The number of para-hydroxylation sites is 1. The average molecular weight is 498 g/mol. The van der Waals surface area contributed by atoms with Crippen LogP contribution in [0.2, 0.25) is 0 Å². The molecule has 0 radical (unpaired) electrons. The predicted molar refractivity (Wildman–Crippen MR) is 138 cm³/mol. The van der Waals surface area contributed by atoms with Crippen LogP contribution in [0.25, 0.3) is 11.4 Å². The van der Waals surface area contributed by atoms with Crippen LogP contribution in [0, 0.1) is 6.92 Å². The van der Waals surface area contributed by atoms with Crippen LogP contribution >= 0.6 is 11.8 Å². The van der Waals surface area contributed by atoms with Crippen molar-refractivity contribution in [3.05, 3.63) is 83.4 Å². The standard InChI is InChI=1S/C28H23N3O4S/c1-17-6-8-18(9-7-17)26-30-27-21(14-19-4-2-3-5-22(19)35-27)28(31-26)36-16-25(32)29-20-10-11-23-24(15-20)34-13-12-33-23/h2-11,15H,12-14,16H2,1H3,(H,29,32). The highest BCUT2D eigenvalue weighted by Gasteiger charge is 2.24. The summed E-state index contributed by atoms with van der Waals surface area (Å²) in [6.07, 6.45) is 0.645. The van der Waals surface area contributed by atoms with Gasteiger partial charge in [0.1, 0.15) is 24.0 Å². The summed E-state index contributed by atoms with van der Waals surface area (Å²) >= 11 is 1.38. The van der Waals surface area contributed by atoms with E-state index in [0.29, 0.717) is 48.5 Å². The van der Waals surface area contributed by atoms with Crippen LogP contribution < -0.4 is 19.5 Å². The molecule has 2 aliphatic heterocycles. The summed E-state index contributed by atoms with van der Waals surface area (Å²) in [5.41, 5.74) is 4.67. The van der Waals surface area contributed by atoms with E-state index in [1.54, 1.807) is 12.1 Å². The van der Waals surface area contributed by atoms with E-state index in [4.69, 9.17) is 24.2 Å². The lowest BCUT2D eigenvalue weighted by molar-refractivity contribution is -0.113. The van der Waals surface area contributed by atoms with E-state index in [0.717, 1.165) is 33.0 Å². The van der Waals surface area contributed by atoms with Gasteiger partial charge >= 0.3 is 0 Å². The molecule has 1 aromatic heterocycles. The molecule has 8 heteroatoms. The molecule has 6 rings (SSSR count). The van der Waals surface area contributed by atoms with Gasteiger partial charge in [-0.1, -0.05) is 59.8 Å². The van der Waals surface area contributed by atoms with Crippen molar-refractivity contribution in [2.75, 3.05) is 24.3 Å². The van der Waals surface area contributed by atoms with Crippen LogP contribution in [0.3, 0.4) is 0 Å². The van der Waals surface area contributed by atoms with Gasteiger partial charge in [0.2, 0.25) is 11.8 Å². The molecule has 1 N–H and O–H groups in total. The number of anilines is 1. The summed E-state index contributed by atoms with van der Waals surface area (Å²) in [4.78, 5) is 22.4. The largest absolute Gasteiger partial charge is 0.486 e. The normalized spacial score (nSPS) is 13.2. The fourth-order valence-corrected chi connectivity index (χ4v) is 4.95. The van der Waals surface area contributed by atoms with Gasteiger partial charge in [0.25, 0.3) is 0 Å². The minimum absolute atomic E-state index is 0.141. The number of amides is 1. The fraction of sp³-hybridized carbons (Fsp3) is 0.179. The molecule has 0 aliphatic carbocycles. The number of fused-ring (bicyclic) bond motifs is 3. The third-order valence-electron chi connectivity index (χ3n) is 5.95. The molecule has 0 saturated heterocycles. The number of hydrogen-bond acceptors (Lipinski definition) is 7. The quantitative estimate of drug-likeness (QED) is 0.248. The van der Waals surface area contributed by atoms with Gasteiger partial charge in [0.05, 0.1) is 11.3 Å². The van der Waals surface area contributed by atoms with Crippen molar-refractivity contribution in [2.24, 2.45) is 0 Å². The lowest BCUT2D eigenvalue weighted by Crippen LogP contribution is -2.17. The number of aryl methyl sites for hydroxylation is 1. The van der Waals surface area contributed by atoms with Crippen LogP contribution in [0.5, 0.6) is 23.1 Å². The van der Waals surface area contributed by atoms with Crippen molar-refractivity contribution in [1.29, 1.82) is 0 Å². The second-order valence-electron chi connectivity index (χ2n) is 8.58. The number of carbonyl (C=O) groups is 1. The molecule has 3 heterocycles. The predicted octanol–water partition coefficient (Wildman–Crippen LogP) is 5.65. The molecule has 0 fully saturated rings. The van der Waals surface area contributed by atoms with Gasteiger partial charge in [-0.15, -0.1) is 0 Å². The van der Waals surface area contributed by atoms with Gasteiger partial charge in [-0.3, -0.25) is 4.79 Å². The number of ether oxygens (including phenoxy) is 3. The SMILES string of the molecule is Cc1ccc(-c2nc3c(c(SCC(=O)Nc4ccc5c(c4)OCCO5)n2)Cc2ccccc2O3)cc1.